The predicted octanol–water partition coefficient (Wildman–Crippen LogP) is 0.338. The van der Waals surface area contributed by atoms with Crippen molar-refractivity contribution in [1.29, 1.82) is 0 Å². The first-order chi connectivity index (χ1) is 13.3. The van der Waals surface area contributed by atoms with Crippen LogP contribution in [0, 0.1) is 5.82 Å². The number of aliphatic hydroxyl groups excluding tert-OH is 1. The number of oxime groups is 1. The third kappa shape index (κ3) is 4.74. The molecule has 1 aromatic carbocycles. The van der Waals surface area contributed by atoms with E-state index in [1.54, 1.807) is 0 Å². The molecule has 0 spiro atoms. The minimum absolute atomic E-state index is 0.0282. The maximum Gasteiger partial charge on any atom is 0.311 e. The molecule has 28 heavy (non-hydrogen) atoms. The third-order valence-electron chi connectivity index (χ3n) is 3.27. The first-order valence-electron chi connectivity index (χ1n) is 7.58. The molecule has 0 saturated heterocycles. The lowest BCUT2D eigenvalue weighted by Crippen LogP contribution is -2.37. The van der Waals surface area contributed by atoms with E-state index in [4.69, 9.17) is 14.3 Å². The highest BCUT2D eigenvalue weighted by Crippen LogP contribution is 2.29. The van der Waals surface area contributed by atoms with Crippen molar-refractivity contribution in [1.82, 2.24) is 15.2 Å². The van der Waals surface area contributed by atoms with Crippen LogP contribution in [0.15, 0.2) is 32.5 Å². The molecule has 15 heteroatoms. The van der Waals surface area contributed by atoms with Crippen molar-refractivity contribution in [3.8, 4) is 0 Å². The highest BCUT2D eigenvalue weighted by atomic mass is 79.9. The highest BCUT2D eigenvalue weighted by Gasteiger charge is 2.35. The lowest BCUT2D eigenvalue weighted by Gasteiger charge is -2.21. The zero-order chi connectivity index (χ0) is 20.3. The van der Waals surface area contributed by atoms with E-state index in [-0.39, 0.29) is 35.0 Å². The number of nitrogens with zero attached hydrogens (tertiary/aromatic N) is 4. The molecule has 152 valence electrons. The van der Waals surface area contributed by atoms with Crippen LogP contribution in [0.25, 0.3) is 0 Å². The molecule has 0 saturated carbocycles. The van der Waals surface area contributed by atoms with Gasteiger partial charge in [-0.25, -0.2) is 17.4 Å². The summed E-state index contributed by atoms with van der Waals surface area (Å²) in [6, 6.07) is 4.04. The van der Waals surface area contributed by atoms with E-state index in [9.17, 15) is 17.9 Å². The molecule has 1 atom stereocenters. The summed E-state index contributed by atoms with van der Waals surface area (Å²) < 4.78 is 40.2. The van der Waals surface area contributed by atoms with Crippen molar-refractivity contribution < 1.29 is 32.2 Å². The molecule has 0 radical (unpaired) electrons. The molecule has 3 rings (SSSR count). The number of aliphatic hydroxyl groups is 1. The molecule has 1 aliphatic rings. The van der Waals surface area contributed by atoms with E-state index < -0.39 is 22.3 Å². The summed E-state index contributed by atoms with van der Waals surface area (Å²) in [5.41, 5.74) is 0.472. The molecule has 1 aliphatic heterocycles. The van der Waals surface area contributed by atoms with Gasteiger partial charge in [0.05, 0.1) is 23.0 Å². The summed E-state index contributed by atoms with van der Waals surface area (Å²) in [4.78, 5) is 12.8. The van der Waals surface area contributed by atoms with Gasteiger partial charge in [0.2, 0.25) is 21.7 Å². The second-order valence-corrected chi connectivity index (χ2v) is 7.97. The second kappa shape index (κ2) is 8.36. The van der Waals surface area contributed by atoms with Crippen molar-refractivity contribution in [2.45, 2.75) is 6.41 Å². The molecule has 0 fully saturated rings. The van der Waals surface area contributed by atoms with Crippen molar-refractivity contribution in [3.05, 3.63) is 34.2 Å². The van der Waals surface area contributed by atoms with E-state index in [0.717, 1.165) is 6.26 Å². The maximum atomic E-state index is 13.5. The number of amidine groups is 1. The van der Waals surface area contributed by atoms with Crippen LogP contribution < -0.4 is 15.1 Å². The number of nitrogens with one attached hydrogen (secondary N) is 2. The fraction of sp³-hybridized carbons (Fsp3) is 0.308. The molecule has 1 aromatic heterocycles. The Balaban J connectivity index is 1.72. The lowest BCUT2D eigenvalue weighted by atomic mass is 10.2. The molecular formula is C13H14BrFN6O6S. The number of rotatable bonds is 8. The minimum atomic E-state index is -3.48. The molecule has 3 N–H and O–H groups in total. The Morgan fingerprint density at radius 1 is 1.43 bits per heavy atom. The fourth-order valence-electron chi connectivity index (χ4n) is 2.16. The van der Waals surface area contributed by atoms with Gasteiger partial charge < -0.3 is 15.3 Å². The lowest BCUT2D eigenvalue weighted by molar-refractivity contribution is -0.0746. The minimum Gasteiger partial charge on any atom is -0.363 e. The molecule has 0 aliphatic carbocycles. The molecule has 2 aromatic rings. The van der Waals surface area contributed by atoms with Crippen LogP contribution in [0.4, 0.5) is 15.9 Å². The summed E-state index contributed by atoms with van der Waals surface area (Å²) in [5, 5.41) is 24.1. The number of sulfonamides is 1. The van der Waals surface area contributed by atoms with Crippen LogP contribution >= 0.6 is 15.9 Å². The molecule has 2 heterocycles. The van der Waals surface area contributed by atoms with Crippen molar-refractivity contribution in [2.24, 2.45) is 5.16 Å². The van der Waals surface area contributed by atoms with E-state index >= 15 is 0 Å². The zero-order valence-corrected chi connectivity index (χ0v) is 16.6. The summed E-state index contributed by atoms with van der Waals surface area (Å²) in [6.45, 7) is 0.113. The summed E-state index contributed by atoms with van der Waals surface area (Å²) in [7, 11) is -3.48. The Hall–Kier alpha value is -2.33. The highest BCUT2D eigenvalue weighted by molar-refractivity contribution is 9.10. The average Bonchev–Trinajstić information content (AvgIpc) is 3.22. The van der Waals surface area contributed by atoms with Gasteiger partial charge in [-0.2, -0.15) is 0 Å². The van der Waals surface area contributed by atoms with Crippen molar-refractivity contribution in [3.63, 3.8) is 0 Å². The number of hydrogen-bond donors (Lipinski definition) is 3. The van der Waals surface area contributed by atoms with Crippen LogP contribution in [0.2, 0.25) is 0 Å². The predicted molar refractivity (Wildman–Crippen MR) is 96.9 cm³/mol. The molecule has 1 unspecified atom stereocenters. The van der Waals surface area contributed by atoms with Crippen molar-refractivity contribution in [2.75, 3.05) is 29.6 Å². The topological polar surface area (TPSA) is 151 Å². The largest absolute Gasteiger partial charge is 0.363 e. The van der Waals surface area contributed by atoms with Gasteiger partial charge >= 0.3 is 6.41 Å². The number of hydrogen-bond acceptors (Lipinski definition) is 11. The standard InChI is InChI=1S/C13H14BrFN6O6S/c1-28(23,24)20-25-5-4-16-11-10(17-27-18-11)12-19-26-13(22)21(12)7-2-3-9(15)8(14)6-7/h2-3,6,13,20,22H,4-5H2,1H3,(H,16,18). The SMILES string of the molecule is CS(=O)(=O)NOCCNc1nonc1C1=NOC(O)N1c1ccc(F)c(Br)c1. The van der Waals surface area contributed by atoms with Gasteiger partial charge in [0.15, 0.2) is 5.69 Å². The fourth-order valence-corrected chi connectivity index (χ4v) is 2.82. The number of benzene rings is 1. The van der Waals surface area contributed by atoms with Gasteiger partial charge in [-0.3, -0.25) is 9.74 Å². The molecule has 0 bridgehead atoms. The van der Waals surface area contributed by atoms with Gasteiger partial charge in [0.25, 0.3) is 0 Å². The normalized spacial score (nSPS) is 16.8. The van der Waals surface area contributed by atoms with Crippen molar-refractivity contribution >= 4 is 43.3 Å². The molecule has 12 nitrogen and oxygen atoms in total. The monoisotopic (exact) mass is 480 g/mol. The first-order valence-corrected chi connectivity index (χ1v) is 10.3. The number of anilines is 2. The molecular weight excluding hydrogens is 467 g/mol. The molecule has 0 amide bonds. The van der Waals surface area contributed by atoms with Crippen LogP contribution in [0.5, 0.6) is 0 Å². The average molecular weight is 481 g/mol. The van der Waals surface area contributed by atoms with Gasteiger partial charge in [-0.15, -0.1) is 0 Å². The van der Waals surface area contributed by atoms with Crippen LogP contribution in [-0.2, 0) is 19.7 Å². The smallest absolute Gasteiger partial charge is 0.311 e. The Bertz CT molecular complexity index is 986. The Kier molecular flexibility index (Phi) is 6.09. The zero-order valence-electron chi connectivity index (χ0n) is 14.2. The van der Waals surface area contributed by atoms with E-state index in [1.165, 1.54) is 23.1 Å². The Morgan fingerprint density at radius 2 is 2.21 bits per heavy atom. The third-order valence-corrected chi connectivity index (χ3v) is 4.30. The quantitative estimate of drug-likeness (QED) is 0.356. The van der Waals surface area contributed by atoms with Crippen LogP contribution in [0.3, 0.4) is 0 Å². The van der Waals surface area contributed by atoms with E-state index in [0.29, 0.717) is 5.69 Å². The van der Waals surface area contributed by atoms with E-state index in [2.05, 4.69) is 36.7 Å². The van der Waals surface area contributed by atoms with Gasteiger partial charge in [-0.1, -0.05) is 10.0 Å². The maximum absolute atomic E-state index is 13.5. The van der Waals surface area contributed by atoms with E-state index in [1.807, 2.05) is 4.89 Å². The van der Waals surface area contributed by atoms with Gasteiger partial charge in [0.1, 0.15) is 5.82 Å². The summed E-state index contributed by atoms with van der Waals surface area (Å²) in [6.07, 6.45) is -0.523. The number of aromatic nitrogens is 2. The Morgan fingerprint density at radius 3 is 2.93 bits per heavy atom. The first kappa shape index (κ1) is 20.4. The van der Waals surface area contributed by atoms with Crippen LogP contribution in [-0.4, -0.2) is 55.5 Å². The Labute approximate surface area is 166 Å². The van der Waals surface area contributed by atoms with Gasteiger partial charge in [-0.05, 0) is 44.4 Å². The van der Waals surface area contributed by atoms with Gasteiger partial charge in [0, 0.05) is 6.54 Å². The second-order valence-electron chi connectivity index (χ2n) is 5.41. The summed E-state index contributed by atoms with van der Waals surface area (Å²) in [5.74, 6) is -0.277. The van der Waals surface area contributed by atoms with Crippen LogP contribution in [0.1, 0.15) is 5.69 Å². The number of halogens is 2. The summed E-state index contributed by atoms with van der Waals surface area (Å²) >= 11 is 3.07.